The molecular weight excluding hydrogens is 369 g/mol. The van der Waals surface area contributed by atoms with Gasteiger partial charge in [0.15, 0.2) is 17.5 Å². The summed E-state index contributed by atoms with van der Waals surface area (Å²) in [5.74, 6) is -4.51. The predicted octanol–water partition coefficient (Wildman–Crippen LogP) is 3.73. The molecule has 2 aromatic rings. The Kier molecular flexibility index (Phi) is 5.27. The normalized spacial score (nSPS) is 14.5. The maximum atomic E-state index is 13.8. The van der Waals surface area contributed by atoms with E-state index in [1.807, 2.05) is 11.0 Å². The molecule has 0 aliphatic carbocycles. The van der Waals surface area contributed by atoms with E-state index in [1.54, 1.807) is 12.1 Å². The molecule has 1 heterocycles. The summed E-state index contributed by atoms with van der Waals surface area (Å²) in [6.45, 7) is 1.64. The Morgan fingerprint density at radius 3 is 2.35 bits per heavy atom. The Morgan fingerprint density at radius 1 is 1.04 bits per heavy atom. The van der Waals surface area contributed by atoms with Crippen molar-refractivity contribution < 1.29 is 22.7 Å². The summed E-state index contributed by atoms with van der Waals surface area (Å²) in [7, 11) is 1.53. The van der Waals surface area contributed by atoms with Gasteiger partial charge in [0.25, 0.3) is 5.91 Å². The van der Waals surface area contributed by atoms with Crippen LogP contribution in [-0.2, 0) is 0 Å². The standard InChI is InChI=1S/C18H16ClF3N2O2/c1-26-15-5-2-11(10-13(15)19)23-6-8-24(9-7-23)18(25)12-3-4-14(20)17(22)16(12)21/h2-5,10H,6-9H2,1H3. The number of hydrogen-bond donors (Lipinski definition) is 0. The number of carbonyl (C=O) groups is 1. The van der Waals surface area contributed by atoms with Crippen molar-refractivity contribution in [3.8, 4) is 5.75 Å². The van der Waals surface area contributed by atoms with Crippen molar-refractivity contribution in [2.45, 2.75) is 0 Å². The second-order valence-corrected chi connectivity index (χ2v) is 6.23. The van der Waals surface area contributed by atoms with Gasteiger partial charge in [0.05, 0.1) is 17.7 Å². The van der Waals surface area contributed by atoms with Crippen LogP contribution < -0.4 is 9.64 Å². The molecule has 2 aromatic carbocycles. The van der Waals surface area contributed by atoms with E-state index < -0.39 is 28.9 Å². The van der Waals surface area contributed by atoms with Crippen LogP contribution in [0, 0.1) is 17.5 Å². The number of carbonyl (C=O) groups excluding carboxylic acids is 1. The SMILES string of the molecule is COc1ccc(N2CCN(C(=O)c3ccc(F)c(F)c3F)CC2)cc1Cl. The van der Waals surface area contributed by atoms with Crippen LogP contribution in [0.25, 0.3) is 0 Å². The van der Waals surface area contributed by atoms with E-state index in [1.165, 1.54) is 12.0 Å². The topological polar surface area (TPSA) is 32.8 Å². The summed E-state index contributed by atoms with van der Waals surface area (Å²) in [5, 5.41) is 0.479. The number of anilines is 1. The summed E-state index contributed by atoms with van der Waals surface area (Å²) in [6, 6.07) is 7.10. The molecule has 0 aromatic heterocycles. The Labute approximate surface area is 153 Å². The molecule has 1 amide bonds. The van der Waals surface area contributed by atoms with Gasteiger partial charge in [0.2, 0.25) is 0 Å². The van der Waals surface area contributed by atoms with Crippen LogP contribution >= 0.6 is 11.6 Å². The van der Waals surface area contributed by atoms with Crippen molar-refractivity contribution in [3.63, 3.8) is 0 Å². The first kappa shape index (κ1) is 18.4. The van der Waals surface area contributed by atoms with Crippen LogP contribution in [0.15, 0.2) is 30.3 Å². The van der Waals surface area contributed by atoms with Crippen molar-refractivity contribution in [1.29, 1.82) is 0 Å². The van der Waals surface area contributed by atoms with Gasteiger partial charge in [-0.05, 0) is 30.3 Å². The number of nitrogens with zero attached hydrogens (tertiary/aromatic N) is 2. The number of amides is 1. The lowest BCUT2D eigenvalue weighted by Gasteiger charge is -2.36. The highest BCUT2D eigenvalue weighted by atomic mass is 35.5. The van der Waals surface area contributed by atoms with Gasteiger partial charge in [-0.15, -0.1) is 0 Å². The third kappa shape index (κ3) is 3.44. The molecule has 1 fully saturated rings. The summed E-state index contributed by atoms with van der Waals surface area (Å²) >= 11 is 6.13. The van der Waals surface area contributed by atoms with E-state index in [4.69, 9.17) is 16.3 Å². The van der Waals surface area contributed by atoms with E-state index >= 15 is 0 Å². The monoisotopic (exact) mass is 384 g/mol. The molecule has 0 N–H and O–H groups in total. The fourth-order valence-corrected chi connectivity index (χ4v) is 3.13. The van der Waals surface area contributed by atoms with Crippen LogP contribution in [-0.4, -0.2) is 44.1 Å². The third-order valence-electron chi connectivity index (χ3n) is 4.33. The average Bonchev–Trinajstić information content (AvgIpc) is 2.66. The molecule has 1 aliphatic heterocycles. The zero-order valence-electron chi connectivity index (χ0n) is 13.9. The van der Waals surface area contributed by atoms with Crippen molar-refractivity contribution in [2.75, 3.05) is 38.2 Å². The van der Waals surface area contributed by atoms with Gasteiger partial charge in [0.1, 0.15) is 5.75 Å². The molecule has 4 nitrogen and oxygen atoms in total. The molecule has 3 rings (SSSR count). The summed E-state index contributed by atoms with van der Waals surface area (Å²) in [5.41, 5.74) is 0.409. The number of hydrogen-bond acceptors (Lipinski definition) is 3. The lowest BCUT2D eigenvalue weighted by molar-refractivity contribution is 0.0740. The number of ether oxygens (including phenoxy) is 1. The van der Waals surface area contributed by atoms with Crippen LogP contribution in [0.2, 0.25) is 5.02 Å². The van der Waals surface area contributed by atoms with Crippen LogP contribution in [0.1, 0.15) is 10.4 Å². The van der Waals surface area contributed by atoms with Gasteiger partial charge in [-0.2, -0.15) is 0 Å². The Bertz CT molecular complexity index is 839. The quantitative estimate of drug-likeness (QED) is 0.756. The van der Waals surface area contributed by atoms with Gasteiger partial charge in [0, 0.05) is 31.9 Å². The van der Waals surface area contributed by atoms with Gasteiger partial charge in [-0.25, -0.2) is 13.2 Å². The molecule has 1 saturated heterocycles. The minimum Gasteiger partial charge on any atom is -0.495 e. The molecular formula is C18H16ClF3N2O2. The molecule has 26 heavy (non-hydrogen) atoms. The van der Waals surface area contributed by atoms with E-state index in [2.05, 4.69) is 0 Å². The highest BCUT2D eigenvalue weighted by Gasteiger charge is 2.26. The van der Waals surface area contributed by atoms with Gasteiger partial charge in [-0.1, -0.05) is 11.6 Å². The average molecular weight is 385 g/mol. The maximum Gasteiger partial charge on any atom is 0.257 e. The first-order chi connectivity index (χ1) is 12.4. The van der Waals surface area contributed by atoms with Gasteiger partial charge in [-0.3, -0.25) is 4.79 Å². The van der Waals surface area contributed by atoms with Crippen LogP contribution in [0.4, 0.5) is 18.9 Å². The van der Waals surface area contributed by atoms with Gasteiger partial charge < -0.3 is 14.5 Å². The zero-order valence-corrected chi connectivity index (χ0v) is 14.7. The molecule has 1 aliphatic rings. The molecule has 138 valence electrons. The molecule has 8 heteroatoms. The van der Waals surface area contributed by atoms with E-state index in [0.717, 1.165) is 17.8 Å². The minimum atomic E-state index is -1.64. The Hall–Kier alpha value is -2.41. The molecule has 0 atom stereocenters. The minimum absolute atomic E-state index is 0.320. The summed E-state index contributed by atoms with van der Waals surface area (Å²) < 4.78 is 45.3. The Morgan fingerprint density at radius 2 is 1.73 bits per heavy atom. The number of halogens is 4. The second-order valence-electron chi connectivity index (χ2n) is 5.82. The second kappa shape index (κ2) is 7.45. The van der Waals surface area contributed by atoms with E-state index in [9.17, 15) is 18.0 Å². The van der Waals surface area contributed by atoms with Crippen molar-refractivity contribution in [1.82, 2.24) is 4.90 Å². The highest BCUT2D eigenvalue weighted by molar-refractivity contribution is 6.32. The van der Waals surface area contributed by atoms with E-state index in [-0.39, 0.29) is 0 Å². The zero-order chi connectivity index (χ0) is 18.8. The number of benzene rings is 2. The fourth-order valence-electron chi connectivity index (χ4n) is 2.88. The molecule has 0 radical (unpaired) electrons. The van der Waals surface area contributed by atoms with Crippen molar-refractivity contribution in [2.24, 2.45) is 0 Å². The van der Waals surface area contributed by atoms with Gasteiger partial charge >= 0.3 is 0 Å². The lowest BCUT2D eigenvalue weighted by atomic mass is 10.1. The number of piperazine rings is 1. The largest absolute Gasteiger partial charge is 0.495 e. The smallest absolute Gasteiger partial charge is 0.257 e. The summed E-state index contributed by atoms with van der Waals surface area (Å²) in [4.78, 5) is 15.8. The first-order valence-electron chi connectivity index (χ1n) is 7.93. The molecule has 0 bridgehead atoms. The number of rotatable bonds is 3. The first-order valence-corrected chi connectivity index (χ1v) is 8.31. The lowest BCUT2D eigenvalue weighted by Crippen LogP contribution is -2.49. The highest BCUT2D eigenvalue weighted by Crippen LogP contribution is 2.29. The molecule has 0 saturated carbocycles. The maximum absolute atomic E-state index is 13.8. The molecule has 0 unspecified atom stereocenters. The van der Waals surface area contributed by atoms with Crippen molar-refractivity contribution >= 4 is 23.2 Å². The molecule has 0 spiro atoms. The fraction of sp³-hybridized carbons (Fsp3) is 0.278. The van der Waals surface area contributed by atoms with E-state index in [0.29, 0.717) is 37.0 Å². The van der Waals surface area contributed by atoms with Crippen molar-refractivity contribution in [3.05, 3.63) is 58.4 Å². The van der Waals surface area contributed by atoms with Crippen LogP contribution in [0.3, 0.4) is 0 Å². The van der Waals surface area contributed by atoms with Crippen LogP contribution in [0.5, 0.6) is 5.75 Å². The predicted molar refractivity (Wildman–Crippen MR) is 92.4 cm³/mol. The number of methoxy groups -OCH3 is 1. The third-order valence-corrected chi connectivity index (χ3v) is 4.63. The summed E-state index contributed by atoms with van der Waals surface area (Å²) in [6.07, 6.45) is 0. The Balaban J connectivity index is 1.69.